The molecule has 0 radical (unpaired) electrons. The SMILES string of the molecule is C=Cc1ccc(CN2C(=O)CCC2c2nc(C(C)(C)C)no2)cc1. The van der Waals surface area contributed by atoms with Crippen LogP contribution in [0.4, 0.5) is 0 Å². The number of carbonyl (C=O) groups is 1. The van der Waals surface area contributed by atoms with Gasteiger partial charge in [-0.1, -0.05) is 62.8 Å². The summed E-state index contributed by atoms with van der Waals surface area (Å²) in [7, 11) is 0. The van der Waals surface area contributed by atoms with E-state index in [1.165, 1.54) is 0 Å². The average Bonchev–Trinajstić information content (AvgIpc) is 3.16. The molecular weight excluding hydrogens is 302 g/mol. The molecule has 0 spiro atoms. The Morgan fingerprint density at radius 2 is 2.04 bits per heavy atom. The number of hydrogen-bond donors (Lipinski definition) is 0. The zero-order valence-corrected chi connectivity index (χ0v) is 14.5. The fraction of sp³-hybridized carbons (Fsp3) is 0.421. The molecule has 0 bridgehead atoms. The Hall–Kier alpha value is -2.43. The largest absolute Gasteiger partial charge is 0.337 e. The Balaban J connectivity index is 1.81. The van der Waals surface area contributed by atoms with Gasteiger partial charge in [0.2, 0.25) is 11.8 Å². The van der Waals surface area contributed by atoms with Gasteiger partial charge in [0.05, 0.1) is 0 Å². The van der Waals surface area contributed by atoms with Crippen LogP contribution in [-0.2, 0) is 16.8 Å². The van der Waals surface area contributed by atoms with E-state index in [1.807, 2.05) is 49.9 Å². The van der Waals surface area contributed by atoms with Gasteiger partial charge in [0.25, 0.3) is 0 Å². The number of rotatable bonds is 4. The van der Waals surface area contributed by atoms with Crippen molar-refractivity contribution in [3.8, 4) is 0 Å². The lowest BCUT2D eigenvalue weighted by Gasteiger charge is -2.22. The summed E-state index contributed by atoms with van der Waals surface area (Å²) in [5, 5.41) is 4.09. The zero-order chi connectivity index (χ0) is 17.3. The lowest BCUT2D eigenvalue weighted by Crippen LogP contribution is -2.27. The third-order valence-corrected chi connectivity index (χ3v) is 4.29. The van der Waals surface area contributed by atoms with Crippen LogP contribution in [0.1, 0.15) is 62.5 Å². The molecule has 0 aliphatic carbocycles. The topological polar surface area (TPSA) is 59.2 Å². The maximum atomic E-state index is 12.3. The van der Waals surface area contributed by atoms with Crippen LogP contribution in [0.25, 0.3) is 6.08 Å². The molecule has 126 valence electrons. The predicted octanol–water partition coefficient (Wildman–Crippen LogP) is 3.87. The van der Waals surface area contributed by atoms with Crippen LogP contribution in [0.3, 0.4) is 0 Å². The number of amides is 1. The first-order valence-electron chi connectivity index (χ1n) is 8.23. The molecule has 3 rings (SSSR count). The van der Waals surface area contributed by atoms with Crippen molar-refractivity contribution < 1.29 is 9.32 Å². The van der Waals surface area contributed by atoms with Crippen molar-refractivity contribution in [1.82, 2.24) is 15.0 Å². The van der Waals surface area contributed by atoms with Crippen LogP contribution in [0, 0.1) is 0 Å². The highest BCUT2D eigenvalue weighted by Gasteiger charge is 2.36. The molecule has 1 unspecified atom stereocenters. The molecule has 2 heterocycles. The summed E-state index contributed by atoms with van der Waals surface area (Å²) in [5.74, 6) is 1.34. The molecule has 1 aromatic heterocycles. The van der Waals surface area contributed by atoms with Gasteiger partial charge in [-0.2, -0.15) is 4.98 Å². The highest BCUT2D eigenvalue weighted by Crippen LogP contribution is 2.34. The Bertz CT molecular complexity index is 741. The molecule has 24 heavy (non-hydrogen) atoms. The Morgan fingerprint density at radius 3 is 2.62 bits per heavy atom. The maximum Gasteiger partial charge on any atom is 0.249 e. The predicted molar refractivity (Wildman–Crippen MR) is 92.1 cm³/mol. The third kappa shape index (κ3) is 3.25. The van der Waals surface area contributed by atoms with E-state index in [9.17, 15) is 4.79 Å². The highest BCUT2D eigenvalue weighted by molar-refractivity contribution is 5.78. The quantitative estimate of drug-likeness (QED) is 0.856. The van der Waals surface area contributed by atoms with Gasteiger partial charge in [-0.15, -0.1) is 0 Å². The summed E-state index contributed by atoms with van der Waals surface area (Å²) in [6, 6.07) is 7.91. The minimum Gasteiger partial charge on any atom is -0.337 e. The minimum atomic E-state index is -0.171. The van der Waals surface area contributed by atoms with Gasteiger partial charge < -0.3 is 9.42 Å². The van der Waals surface area contributed by atoms with E-state index in [1.54, 1.807) is 6.08 Å². The smallest absolute Gasteiger partial charge is 0.249 e. The standard InChI is InChI=1S/C19H23N3O2/c1-5-13-6-8-14(9-7-13)12-22-15(10-11-16(22)23)17-20-18(21-24-17)19(2,3)4/h5-9,15H,1,10-12H2,2-4H3. The number of nitrogens with zero attached hydrogens (tertiary/aromatic N) is 3. The molecule has 1 atom stereocenters. The van der Waals surface area contributed by atoms with Gasteiger partial charge in [0.1, 0.15) is 6.04 Å². The molecule has 1 fully saturated rings. The van der Waals surface area contributed by atoms with Crippen LogP contribution in [0.5, 0.6) is 0 Å². The fourth-order valence-corrected chi connectivity index (χ4v) is 2.82. The Labute approximate surface area is 142 Å². The second-order valence-electron chi connectivity index (χ2n) is 7.23. The van der Waals surface area contributed by atoms with Gasteiger partial charge in [-0.05, 0) is 17.5 Å². The number of likely N-dealkylation sites (tertiary alicyclic amines) is 1. The first kappa shape index (κ1) is 16.4. The summed E-state index contributed by atoms with van der Waals surface area (Å²) in [6.45, 7) is 10.4. The van der Waals surface area contributed by atoms with Crippen LogP contribution in [0.2, 0.25) is 0 Å². The number of hydrogen-bond acceptors (Lipinski definition) is 4. The van der Waals surface area contributed by atoms with Crippen LogP contribution < -0.4 is 0 Å². The third-order valence-electron chi connectivity index (χ3n) is 4.29. The van der Waals surface area contributed by atoms with Crippen molar-refractivity contribution in [3.63, 3.8) is 0 Å². The fourth-order valence-electron chi connectivity index (χ4n) is 2.82. The van der Waals surface area contributed by atoms with E-state index in [0.717, 1.165) is 17.5 Å². The molecule has 1 saturated heterocycles. The molecule has 1 aromatic carbocycles. The second-order valence-corrected chi connectivity index (χ2v) is 7.23. The summed E-state index contributed by atoms with van der Waals surface area (Å²) < 4.78 is 5.46. The van der Waals surface area contributed by atoms with E-state index in [4.69, 9.17) is 4.52 Å². The average molecular weight is 325 g/mol. The minimum absolute atomic E-state index is 0.128. The zero-order valence-electron chi connectivity index (χ0n) is 14.5. The molecule has 2 aromatic rings. The lowest BCUT2D eigenvalue weighted by atomic mass is 9.96. The highest BCUT2D eigenvalue weighted by atomic mass is 16.5. The van der Waals surface area contributed by atoms with E-state index >= 15 is 0 Å². The monoisotopic (exact) mass is 325 g/mol. The number of carbonyl (C=O) groups excluding carboxylic acids is 1. The van der Waals surface area contributed by atoms with Gasteiger partial charge in [-0.25, -0.2) is 0 Å². The van der Waals surface area contributed by atoms with Gasteiger partial charge >= 0.3 is 0 Å². The van der Waals surface area contributed by atoms with Crippen LogP contribution in [-0.4, -0.2) is 20.9 Å². The maximum absolute atomic E-state index is 12.3. The van der Waals surface area contributed by atoms with Crippen molar-refractivity contribution in [2.45, 2.75) is 51.6 Å². The molecule has 1 aliphatic rings. The van der Waals surface area contributed by atoms with E-state index < -0.39 is 0 Å². The number of benzene rings is 1. The van der Waals surface area contributed by atoms with E-state index in [-0.39, 0.29) is 17.4 Å². The summed E-state index contributed by atoms with van der Waals surface area (Å²) in [4.78, 5) is 18.7. The number of aromatic nitrogens is 2. The molecule has 5 nitrogen and oxygen atoms in total. The van der Waals surface area contributed by atoms with Crippen molar-refractivity contribution in [2.75, 3.05) is 0 Å². The normalized spacial score (nSPS) is 18.2. The molecule has 0 N–H and O–H groups in total. The summed E-state index contributed by atoms with van der Waals surface area (Å²) in [6.07, 6.45) is 3.04. The molecular formula is C19H23N3O2. The van der Waals surface area contributed by atoms with E-state index in [2.05, 4.69) is 16.7 Å². The first-order chi connectivity index (χ1) is 11.4. The van der Waals surface area contributed by atoms with Crippen LogP contribution in [0.15, 0.2) is 35.4 Å². The van der Waals surface area contributed by atoms with Gasteiger partial charge in [0.15, 0.2) is 5.82 Å². The Morgan fingerprint density at radius 1 is 1.33 bits per heavy atom. The summed E-state index contributed by atoms with van der Waals surface area (Å²) in [5.41, 5.74) is 1.97. The van der Waals surface area contributed by atoms with Crippen LogP contribution >= 0.6 is 0 Å². The lowest BCUT2D eigenvalue weighted by molar-refractivity contribution is -0.129. The molecule has 1 amide bonds. The first-order valence-corrected chi connectivity index (χ1v) is 8.23. The van der Waals surface area contributed by atoms with Crippen molar-refractivity contribution in [1.29, 1.82) is 0 Å². The van der Waals surface area contributed by atoms with Crippen molar-refractivity contribution in [3.05, 3.63) is 53.7 Å². The Kier molecular flexibility index (Phi) is 4.26. The van der Waals surface area contributed by atoms with Gasteiger partial charge in [-0.3, -0.25) is 4.79 Å². The van der Waals surface area contributed by atoms with Crippen molar-refractivity contribution in [2.24, 2.45) is 0 Å². The second kappa shape index (κ2) is 6.23. The molecule has 5 heteroatoms. The molecule has 0 saturated carbocycles. The van der Waals surface area contributed by atoms with Gasteiger partial charge in [0, 0.05) is 18.4 Å². The molecule has 1 aliphatic heterocycles. The van der Waals surface area contributed by atoms with E-state index in [0.29, 0.717) is 24.7 Å². The summed E-state index contributed by atoms with van der Waals surface area (Å²) >= 11 is 0. The van der Waals surface area contributed by atoms with Crippen molar-refractivity contribution >= 4 is 12.0 Å².